The summed E-state index contributed by atoms with van der Waals surface area (Å²) in [5.41, 5.74) is 9.17. The van der Waals surface area contributed by atoms with Crippen molar-refractivity contribution in [3.8, 4) is 0 Å². The van der Waals surface area contributed by atoms with Crippen molar-refractivity contribution < 1.29 is 4.39 Å². The van der Waals surface area contributed by atoms with E-state index < -0.39 is 0 Å². The normalized spacial score (nSPS) is 15.4. The molecule has 4 heteroatoms. The molecule has 0 saturated heterocycles. The fourth-order valence-electron chi connectivity index (χ4n) is 2.67. The largest absolute Gasteiger partial charge is 0.398 e. The number of halogens is 2. The molecule has 0 bridgehead atoms. The third kappa shape index (κ3) is 1.74. The van der Waals surface area contributed by atoms with Gasteiger partial charge in [0.05, 0.1) is 15.9 Å². The quantitative estimate of drug-likeness (QED) is 0.734. The van der Waals surface area contributed by atoms with Gasteiger partial charge >= 0.3 is 0 Å². The van der Waals surface area contributed by atoms with Crippen molar-refractivity contribution in [2.24, 2.45) is 0 Å². The van der Waals surface area contributed by atoms with Crippen molar-refractivity contribution in [2.75, 3.05) is 5.73 Å². The summed E-state index contributed by atoms with van der Waals surface area (Å²) >= 11 is 6.10. The van der Waals surface area contributed by atoms with Gasteiger partial charge in [0.25, 0.3) is 0 Å². The third-order valence-electron chi connectivity index (χ3n) is 3.61. The van der Waals surface area contributed by atoms with Crippen molar-refractivity contribution in [1.82, 2.24) is 4.98 Å². The molecule has 0 saturated carbocycles. The topological polar surface area (TPSA) is 38.9 Å². The van der Waals surface area contributed by atoms with Crippen molar-refractivity contribution in [1.29, 1.82) is 0 Å². The second-order valence-corrected chi connectivity index (χ2v) is 5.17. The van der Waals surface area contributed by atoms with Gasteiger partial charge in [-0.1, -0.05) is 18.0 Å². The van der Waals surface area contributed by atoms with Crippen LogP contribution >= 0.6 is 11.6 Å². The number of hydrogen-bond acceptors (Lipinski definition) is 2. The first-order valence-electron chi connectivity index (χ1n) is 6.23. The molecule has 0 atom stereocenters. The Hall–Kier alpha value is -1.35. The zero-order valence-electron chi connectivity index (χ0n) is 9.97. The van der Waals surface area contributed by atoms with Crippen LogP contribution in [0.5, 0.6) is 0 Å². The molecule has 0 unspecified atom stereocenters. The van der Waals surface area contributed by atoms with Crippen LogP contribution < -0.4 is 5.73 Å². The van der Waals surface area contributed by atoms with Crippen LogP contribution in [0.2, 0.25) is 5.02 Å². The molecule has 0 aliphatic heterocycles. The lowest BCUT2D eigenvalue weighted by atomic mass is 10.0. The van der Waals surface area contributed by atoms with E-state index >= 15 is 0 Å². The lowest BCUT2D eigenvalue weighted by Crippen LogP contribution is -2.04. The monoisotopic (exact) mass is 264 g/mol. The molecule has 1 heterocycles. The lowest BCUT2D eigenvalue weighted by molar-refractivity contribution is 0.639. The molecule has 1 aromatic heterocycles. The highest BCUT2D eigenvalue weighted by molar-refractivity contribution is 6.35. The molecule has 94 valence electrons. The Morgan fingerprint density at radius 1 is 1.17 bits per heavy atom. The van der Waals surface area contributed by atoms with Gasteiger partial charge in [0.15, 0.2) is 0 Å². The number of pyridine rings is 1. The summed E-state index contributed by atoms with van der Waals surface area (Å²) in [5, 5.41) is 0.841. The average molecular weight is 265 g/mol. The summed E-state index contributed by atoms with van der Waals surface area (Å²) < 4.78 is 13.9. The SMILES string of the molecule is Nc1c2c(nc3c(Cl)ccc(F)c13)CCCCC2. The summed E-state index contributed by atoms with van der Waals surface area (Å²) in [5.74, 6) is -0.341. The Morgan fingerprint density at radius 2 is 1.94 bits per heavy atom. The smallest absolute Gasteiger partial charge is 0.134 e. The number of nitrogens with zero attached hydrogens (tertiary/aromatic N) is 1. The molecule has 0 spiro atoms. The molecular formula is C14H14ClFN2. The van der Waals surface area contributed by atoms with Crippen LogP contribution in [0.3, 0.4) is 0 Å². The predicted octanol–water partition coefficient (Wildman–Crippen LogP) is 3.88. The second-order valence-electron chi connectivity index (χ2n) is 4.76. The van der Waals surface area contributed by atoms with Crippen LogP contribution in [0.1, 0.15) is 30.5 Å². The minimum atomic E-state index is -0.341. The predicted molar refractivity (Wildman–Crippen MR) is 72.4 cm³/mol. The molecule has 0 radical (unpaired) electrons. The van der Waals surface area contributed by atoms with Crippen molar-refractivity contribution >= 4 is 28.2 Å². The van der Waals surface area contributed by atoms with Crippen LogP contribution in [-0.4, -0.2) is 4.98 Å². The molecule has 1 aliphatic rings. The number of aromatic nitrogens is 1. The number of hydrogen-bond donors (Lipinski definition) is 1. The molecule has 0 amide bonds. The molecule has 2 nitrogen and oxygen atoms in total. The molecule has 2 aromatic rings. The number of anilines is 1. The van der Waals surface area contributed by atoms with Gasteiger partial charge in [0.2, 0.25) is 0 Å². The molecule has 0 fully saturated rings. The Balaban J connectivity index is 2.38. The van der Waals surface area contributed by atoms with Crippen LogP contribution in [0, 0.1) is 5.82 Å². The molecule has 1 aromatic carbocycles. The highest BCUT2D eigenvalue weighted by Gasteiger charge is 2.18. The molecule has 1 aliphatic carbocycles. The summed E-state index contributed by atoms with van der Waals surface area (Å²) in [6.45, 7) is 0. The van der Waals surface area contributed by atoms with Gasteiger partial charge in [0, 0.05) is 11.4 Å². The zero-order valence-corrected chi connectivity index (χ0v) is 10.7. The minimum absolute atomic E-state index is 0.341. The van der Waals surface area contributed by atoms with Crippen LogP contribution in [-0.2, 0) is 12.8 Å². The minimum Gasteiger partial charge on any atom is -0.398 e. The van der Waals surface area contributed by atoms with Gasteiger partial charge in [-0.15, -0.1) is 0 Å². The Morgan fingerprint density at radius 3 is 2.78 bits per heavy atom. The van der Waals surface area contributed by atoms with E-state index in [1.807, 2.05) is 0 Å². The maximum absolute atomic E-state index is 13.9. The van der Waals surface area contributed by atoms with Gasteiger partial charge < -0.3 is 5.73 Å². The van der Waals surface area contributed by atoms with Gasteiger partial charge in [0.1, 0.15) is 5.82 Å². The zero-order chi connectivity index (χ0) is 12.7. The highest BCUT2D eigenvalue weighted by atomic mass is 35.5. The van der Waals surface area contributed by atoms with Gasteiger partial charge in [-0.2, -0.15) is 0 Å². The second kappa shape index (κ2) is 4.39. The van der Waals surface area contributed by atoms with Crippen molar-refractivity contribution in [3.05, 3.63) is 34.2 Å². The molecular weight excluding hydrogens is 251 g/mol. The summed E-state index contributed by atoms with van der Waals surface area (Å²) in [4.78, 5) is 4.54. The van der Waals surface area contributed by atoms with E-state index in [4.69, 9.17) is 17.3 Å². The van der Waals surface area contributed by atoms with Crippen LogP contribution in [0.4, 0.5) is 10.1 Å². The first-order chi connectivity index (χ1) is 8.68. The standard InChI is InChI=1S/C14H14ClFN2/c15-9-6-7-10(16)12-13(17)8-4-2-1-3-5-11(8)18-14(9)12/h6-7H,1-5H2,(H2,17,18). The van der Waals surface area contributed by atoms with E-state index in [0.29, 0.717) is 21.6 Å². The maximum Gasteiger partial charge on any atom is 0.134 e. The van der Waals surface area contributed by atoms with Gasteiger partial charge in [-0.3, -0.25) is 4.98 Å². The van der Waals surface area contributed by atoms with Gasteiger partial charge in [-0.25, -0.2) is 4.39 Å². The Bertz CT molecular complexity index is 625. The van der Waals surface area contributed by atoms with E-state index in [9.17, 15) is 4.39 Å². The Labute approximate surface area is 110 Å². The van der Waals surface area contributed by atoms with Crippen LogP contribution in [0.25, 0.3) is 10.9 Å². The van der Waals surface area contributed by atoms with E-state index in [2.05, 4.69) is 4.98 Å². The number of fused-ring (bicyclic) bond motifs is 2. The summed E-state index contributed by atoms with van der Waals surface area (Å²) in [7, 11) is 0. The lowest BCUT2D eigenvalue weighted by Gasteiger charge is -2.13. The number of benzene rings is 1. The fraction of sp³-hybridized carbons (Fsp3) is 0.357. The van der Waals surface area contributed by atoms with E-state index in [0.717, 1.165) is 36.9 Å². The van der Waals surface area contributed by atoms with Gasteiger partial charge in [-0.05, 0) is 43.4 Å². The maximum atomic E-state index is 13.9. The number of aryl methyl sites for hydroxylation is 1. The molecule has 2 N–H and O–H groups in total. The molecule has 18 heavy (non-hydrogen) atoms. The highest BCUT2D eigenvalue weighted by Crippen LogP contribution is 2.34. The number of rotatable bonds is 0. The van der Waals surface area contributed by atoms with E-state index in [-0.39, 0.29) is 5.82 Å². The summed E-state index contributed by atoms with van der Waals surface area (Å²) in [6.07, 6.45) is 5.16. The average Bonchev–Trinajstić information content (AvgIpc) is 2.59. The van der Waals surface area contributed by atoms with E-state index in [1.165, 1.54) is 18.6 Å². The number of nitrogens with two attached hydrogens (primary N) is 1. The summed E-state index contributed by atoms with van der Waals surface area (Å²) in [6, 6.07) is 2.89. The van der Waals surface area contributed by atoms with Crippen molar-refractivity contribution in [2.45, 2.75) is 32.1 Å². The van der Waals surface area contributed by atoms with Crippen molar-refractivity contribution in [3.63, 3.8) is 0 Å². The fourth-order valence-corrected chi connectivity index (χ4v) is 2.87. The first kappa shape index (κ1) is 11.7. The molecule has 3 rings (SSSR count). The number of nitrogen functional groups attached to an aromatic ring is 1. The van der Waals surface area contributed by atoms with Crippen LogP contribution in [0.15, 0.2) is 12.1 Å². The van der Waals surface area contributed by atoms with E-state index in [1.54, 1.807) is 0 Å². The first-order valence-corrected chi connectivity index (χ1v) is 6.61. The Kier molecular flexibility index (Phi) is 2.86. The third-order valence-corrected chi connectivity index (χ3v) is 3.91.